The fourth-order valence-electron chi connectivity index (χ4n) is 5.03. The van der Waals surface area contributed by atoms with Crippen molar-refractivity contribution in [1.82, 2.24) is 24.6 Å². The summed E-state index contributed by atoms with van der Waals surface area (Å²) in [5.41, 5.74) is 12.2. The number of fused-ring (bicyclic) bond motifs is 1. The minimum Gasteiger partial charge on any atom is -0.319 e. The molecule has 34 heavy (non-hydrogen) atoms. The van der Waals surface area contributed by atoms with Crippen molar-refractivity contribution >= 4 is 11.6 Å². The molecule has 0 radical (unpaired) electrons. The third-order valence-electron chi connectivity index (χ3n) is 6.83. The Morgan fingerprint density at radius 1 is 1.06 bits per heavy atom. The van der Waals surface area contributed by atoms with Crippen LogP contribution in [0.4, 0.5) is 5.95 Å². The molecule has 1 saturated heterocycles. The molecule has 1 fully saturated rings. The summed E-state index contributed by atoms with van der Waals surface area (Å²) in [7, 11) is 2.17. The van der Waals surface area contributed by atoms with E-state index in [4.69, 9.17) is 10.7 Å². The van der Waals surface area contributed by atoms with Crippen LogP contribution >= 0.6 is 0 Å². The minimum atomic E-state index is -0.184. The van der Waals surface area contributed by atoms with Gasteiger partial charge in [-0.2, -0.15) is 4.68 Å². The van der Waals surface area contributed by atoms with E-state index in [1.807, 2.05) is 56.3 Å². The maximum atomic E-state index is 13.4. The highest BCUT2D eigenvalue weighted by atomic mass is 16.2. The fourth-order valence-corrected chi connectivity index (χ4v) is 5.03. The number of nitrogens with zero attached hydrogens (tertiary/aromatic N) is 5. The Labute approximate surface area is 199 Å². The Kier molecular flexibility index (Phi) is 5.91. The number of anilines is 1. The number of aryl methyl sites for hydroxylation is 3. The largest absolute Gasteiger partial charge is 0.428 e. The number of likely N-dealkylation sites (tertiary alicyclic amines) is 1. The number of nitrogens with one attached hydrogen (secondary N) is 1. The third-order valence-corrected chi connectivity index (χ3v) is 6.83. The van der Waals surface area contributed by atoms with E-state index in [9.17, 15) is 4.79 Å². The molecule has 176 valence electrons. The first-order valence-corrected chi connectivity index (χ1v) is 11.9. The first-order chi connectivity index (χ1) is 16.4. The molecule has 3 N–H and O–H groups in total. The highest BCUT2D eigenvalue weighted by Crippen LogP contribution is 2.33. The molecule has 1 aliphatic rings. The summed E-state index contributed by atoms with van der Waals surface area (Å²) in [6, 6.07) is 14.0. The number of piperidine rings is 1. The van der Waals surface area contributed by atoms with Gasteiger partial charge in [0.15, 0.2) is 0 Å². The molecule has 0 aliphatic carbocycles. The average Bonchev–Trinajstić information content (AvgIpc) is 3.15. The van der Waals surface area contributed by atoms with Gasteiger partial charge in [0.1, 0.15) is 5.69 Å². The molecule has 0 unspecified atom stereocenters. The van der Waals surface area contributed by atoms with Crippen molar-refractivity contribution in [3.63, 3.8) is 0 Å². The van der Waals surface area contributed by atoms with Gasteiger partial charge >= 0.3 is 11.6 Å². The molecular formula is C26H32N7O+. The molecule has 1 aliphatic heterocycles. The zero-order valence-corrected chi connectivity index (χ0v) is 20.1. The second-order valence-corrected chi connectivity index (χ2v) is 9.46. The standard InChI is InChI=1S/C26H31N7O/c1-17-15-21(16-18(2)28-17)22-23(20-7-5-4-6-8-20)29-25(27)33-24(22)30-32(26(33)34)14-11-19-9-12-31(3)13-10-19/h4-8,15-16,19H,9-14H2,1-3H3,(H2,27,28,29,30)/p+1. The number of hydrogen-bond acceptors (Lipinski definition) is 5. The monoisotopic (exact) mass is 458 g/mol. The van der Waals surface area contributed by atoms with Crippen LogP contribution in [-0.4, -0.2) is 44.8 Å². The quantitative estimate of drug-likeness (QED) is 0.448. The van der Waals surface area contributed by atoms with Gasteiger partial charge in [-0.05, 0) is 76.9 Å². The first-order valence-electron chi connectivity index (χ1n) is 11.9. The van der Waals surface area contributed by atoms with Gasteiger partial charge in [0, 0.05) is 17.0 Å². The summed E-state index contributed by atoms with van der Waals surface area (Å²) in [6.45, 7) is 6.81. The Morgan fingerprint density at radius 2 is 1.74 bits per heavy atom. The Balaban J connectivity index is 1.65. The average molecular weight is 459 g/mol. The van der Waals surface area contributed by atoms with Crippen molar-refractivity contribution in [2.24, 2.45) is 5.92 Å². The molecule has 3 aromatic heterocycles. The smallest absolute Gasteiger partial charge is 0.319 e. The van der Waals surface area contributed by atoms with E-state index >= 15 is 0 Å². The fraction of sp³-hybridized carbons (Fsp3) is 0.385. The van der Waals surface area contributed by atoms with Crippen LogP contribution in [0.25, 0.3) is 28.0 Å². The second kappa shape index (κ2) is 9.02. The number of nitrogens with two attached hydrogens (primary N) is 1. The molecule has 0 bridgehead atoms. The second-order valence-electron chi connectivity index (χ2n) is 9.46. The van der Waals surface area contributed by atoms with Gasteiger partial charge in [0.05, 0.1) is 12.1 Å². The molecule has 0 atom stereocenters. The number of H-pyrrole nitrogens is 1. The molecule has 4 aromatic rings. The maximum absolute atomic E-state index is 13.4. The molecule has 8 nitrogen and oxygen atoms in total. The maximum Gasteiger partial charge on any atom is 0.428 e. The number of pyridine rings is 1. The van der Waals surface area contributed by atoms with Gasteiger partial charge in [-0.3, -0.25) is 4.98 Å². The van der Waals surface area contributed by atoms with Crippen molar-refractivity contribution < 1.29 is 4.40 Å². The first kappa shape index (κ1) is 22.3. The molecule has 8 heteroatoms. The van der Waals surface area contributed by atoms with E-state index in [2.05, 4.69) is 22.0 Å². The summed E-state index contributed by atoms with van der Waals surface area (Å²) in [6.07, 6.45) is 3.30. The molecule has 1 aromatic carbocycles. The molecule has 0 saturated carbocycles. The summed E-state index contributed by atoms with van der Waals surface area (Å²) >= 11 is 0. The normalized spacial score (nSPS) is 15.3. The predicted octanol–water partition coefficient (Wildman–Crippen LogP) is 2.97. The van der Waals surface area contributed by atoms with Gasteiger partial charge in [-0.1, -0.05) is 30.3 Å². The Bertz CT molecular complexity index is 1360. The van der Waals surface area contributed by atoms with Crippen LogP contribution in [0, 0.1) is 19.8 Å². The summed E-state index contributed by atoms with van der Waals surface area (Å²) in [4.78, 5) is 25.0. The molecular weight excluding hydrogens is 426 g/mol. The highest BCUT2D eigenvalue weighted by Gasteiger charge is 2.26. The number of rotatable bonds is 5. The van der Waals surface area contributed by atoms with Crippen LogP contribution < -0.4 is 15.8 Å². The van der Waals surface area contributed by atoms with Gasteiger partial charge < -0.3 is 10.6 Å². The lowest BCUT2D eigenvalue weighted by atomic mass is 9.94. The zero-order valence-electron chi connectivity index (χ0n) is 20.1. The minimum absolute atomic E-state index is 0.180. The molecule has 5 rings (SSSR count). The Morgan fingerprint density at radius 3 is 2.41 bits per heavy atom. The zero-order chi connectivity index (χ0) is 23.8. The summed E-state index contributed by atoms with van der Waals surface area (Å²) in [5, 5.41) is 3.39. The lowest BCUT2D eigenvalue weighted by Crippen LogP contribution is -2.44. The van der Waals surface area contributed by atoms with Crippen LogP contribution in [0.2, 0.25) is 0 Å². The van der Waals surface area contributed by atoms with Crippen molar-refractivity contribution in [1.29, 1.82) is 0 Å². The van der Waals surface area contributed by atoms with E-state index in [0.29, 0.717) is 18.1 Å². The summed E-state index contributed by atoms with van der Waals surface area (Å²) in [5.74, 6) is 0.805. The number of benzene rings is 1. The van der Waals surface area contributed by atoms with Gasteiger partial charge in [0.2, 0.25) is 5.65 Å². The molecule has 0 amide bonds. The van der Waals surface area contributed by atoms with E-state index in [1.54, 1.807) is 4.68 Å². The van der Waals surface area contributed by atoms with E-state index in [1.165, 1.54) is 17.2 Å². The van der Waals surface area contributed by atoms with Gasteiger partial charge in [-0.25, -0.2) is 9.89 Å². The third kappa shape index (κ3) is 4.21. The van der Waals surface area contributed by atoms with Crippen LogP contribution in [0.5, 0.6) is 0 Å². The number of aromatic amines is 1. The van der Waals surface area contributed by atoms with Crippen molar-refractivity contribution in [3.05, 3.63) is 64.3 Å². The molecule has 0 spiro atoms. The Hall–Kier alpha value is -3.52. The van der Waals surface area contributed by atoms with E-state index in [-0.39, 0.29) is 11.6 Å². The lowest BCUT2D eigenvalue weighted by Gasteiger charge is -2.28. The lowest BCUT2D eigenvalue weighted by molar-refractivity contribution is -0.516. The number of nitrogen functional groups attached to an aromatic ring is 1. The van der Waals surface area contributed by atoms with Crippen molar-refractivity contribution in [3.8, 4) is 22.4 Å². The van der Waals surface area contributed by atoms with E-state index in [0.717, 1.165) is 53.3 Å². The van der Waals surface area contributed by atoms with Gasteiger partial charge in [-0.15, -0.1) is 9.38 Å². The predicted molar refractivity (Wildman–Crippen MR) is 133 cm³/mol. The number of hydrogen-bond donors (Lipinski definition) is 2. The topological polar surface area (TPSA) is 96.9 Å². The SMILES string of the molecule is Cc1cc(-c2c(-c3ccccc3)nc(N)[n+]3c(=O)n(CCC4CCN(C)CC4)[nH]c23)cc(C)n1. The van der Waals surface area contributed by atoms with Crippen LogP contribution in [0.15, 0.2) is 47.3 Å². The van der Waals surface area contributed by atoms with Gasteiger partial charge in [0.25, 0.3) is 0 Å². The van der Waals surface area contributed by atoms with Crippen LogP contribution in [0.3, 0.4) is 0 Å². The van der Waals surface area contributed by atoms with Crippen LogP contribution in [0.1, 0.15) is 30.7 Å². The highest BCUT2D eigenvalue weighted by molar-refractivity contribution is 5.88. The summed E-state index contributed by atoms with van der Waals surface area (Å²) < 4.78 is 3.19. The van der Waals surface area contributed by atoms with E-state index < -0.39 is 0 Å². The number of aromatic nitrogens is 5. The molecule has 4 heterocycles. The van der Waals surface area contributed by atoms with Crippen molar-refractivity contribution in [2.45, 2.75) is 39.7 Å². The van der Waals surface area contributed by atoms with Crippen molar-refractivity contribution in [2.75, 3.05) is 25.9 Å². The van der Waals surface area contributed by atoms with Crippen LogP contribution in [-0.2, 0) is 6.54 Å².